The average Bonchev–Trinajstić information content (AvgIpc) is 3.19. The topological polar surface area (TPSA) is 96.7 Å². The summed E-state index contributed by atoms with van der Waals surface area (Å²) < 4.78 is 63.5. The number of nitrogens with one attached hydrogen (secondary N) is 1. The summed E-state index contributed by atoms with van der Waals surface area (Å²) in [6, 6.07) is 1.52. The third kappa shape index (κ3) is 3.60. The molecule has 0 aliphatic carbocycles. The fourth-order valence-corrected chi connectivity index (χ4v) is 3.17. The van der Waals surface area contributed by atoms with E-state index in [0.717, 1.165) is 11.0 Å². The molecule has 1 aliphatic rings. The molecule has 30 heavy (non-hydrogen) atoms. The predicted molar refractivity (Wildman–Crippen MR) is 97.6 cm³/mol. The van der Waals surface area contributed by atoms with E-state index in [1.807, 2.05) is 0 Å². The standard InChI is InChI=1S/C18H19F3N4O5/c1-5-30-16(26)13-14(9-6-11(28-3)12(29-4)7-10(9)27-2)25-17(22-8-23-25)24-15(13)18(19,20)21/h6-8,14H,5H2,1-4H3,(H,22,23,24)/t14-/m0/s1. The Morgan fingerprint density at radius 1 is 1.13 bits per heavy atom. The van der Waals surface area contributed by atoms with Crippen LogP contribution in [0.1, 0.15) is 18.5 Å². The molecule has 162 valence electrons. The lowest BCUT2D eigenvalue weighted by molar-refractivity contribution is -0.140. The Bertz CT molecular complexity index is 987. The molecule has 0 amide bonds. The second kappa shape index (κ2) is 8.13. The number of carbonyl (C=O) groups is 1. The molecule has 12 heteroatoms. The molecule has 3 rings (SSSR count). The van der Waals surface area contributed by atoms with Crippen LogP contribution in [0.25, 0.3) is 0 Å². The highest BCUT2D eigenvalue weighted by Crippen LogP contribution is 2.46. The van der Waals surface area contributed by atoms with Crippen molar-refractivity contribution in [1.29, 1.82) is 0 Å². The summed E-state index contributed by atoms with van der Waals surface area (Å²) in [7, 11) is 4.12. The van der Waals surface area contributed by atoms with Crippen molar-refractivity contribution in [2.45, 2.75) is 19.1 Å². The fraction of sp³-hybridized carbons (Fsp3) is 0.389. The van der Waals surface area contributed by atoms with Crippen molar-refractivity contribution in [3.05, 3.63) is 35.3 Å². The molecule has 0 radical (unpaired) electrons. The van der Waals surface area contributed by atoms with Crippen LogP contribution in [0.15, 0.2) is 29.7 Å². The summed E-state index contributed by atoms with van der Waals surface area (Å²) in [6.45, 7) is 1.38. The van der Waals surface area contributed by atoms with Gasteiger partial charge in [0.1, 0.15) is 23.8 Å². The molecule has 9 nitrogen and oxygen atoms in total. The molecule has 1 aromatic heterocycles. The molecule has 1 aliphatic heterocycles. The quantitative estimate of drug-likeness (QED) is 0.702. The zero-order chi connectivity index (χ0) is 22.1. The number of benzene rings is 1. The smallest absolute Gasteiger partial charge is 0.431 e. The maximum absolute atomic E-state index is 13.9. The molecule has 1 atom stereocenters. The van der Waals surface area contributed by atoms with Gasteiger partial charge in [-0.05, 0) is 13.0 Å². The molecule has 1 N–H and O–H groups in total. The van der Waals surface area contributed by atoms with Crippen LogP contribution < -0.4 is 19.5 Å². The maximum Gasteiger partial charge on any atom is 0.431 e. The Morgan fingerprint density at radius 2 is 1.77 bits per heavy atom. The molecule has 0 unspecified atom stereocenters. The summed E-state index contributed by atoms with van der Waals surface area (Å²) in [6.07, 6.45) is -3.81. The number of nitrogens with zero attached hydrogens (tertiary/aromatic N) is 3. The zero-order valence-electron chi connectivity index (χ0n) is 16.5. The number of alkyl halides is 3. The Labute approximate surface area is 169 Å². The van der Waals surface area contributed by atoms with Gasteiger partial charge in [0.05, 0.1) is 33.5 Å². The molecule has 0 saturated heterocycles. The maximum atomic E-state index is 13.9. The second-order valence-electron chi connectivity index (χ2n) is 6.01. The number of hydrogen-bond acceptors (Lipinski definition) is 8. The summed E-state index contributed by atoms with van der Waals surface area (Å²) in [5, 5.41) is 6.14. The normalized spacial score (nSPS) is 15.9. The Hall–Kier alpha value is -3.44. The number of aromatic nitrogens is 3. The largest absolute Gasteiger partial charge is 0.496 e. The van der Waals surface area contributed by atoms with Gasteiger partial charge in [-0.3, -0.25) is 0 Å². The van der Waals surface area contributed by atoms with Crippen LogP contribution in [0.2, 0.25) is 0 Å². The van der Waals surface area contributed by atoms with Gasteiger partial charge in [0.25, 0.3) is 0 Å². The van der Waals surface area contributed by atoms with Gasteiger partial charge in [0, 0.05) is 11.6 Å². The lowest BCUT2D eigenvalue weighted by Gasteiger charge is -2.31. The molecule has 0 bridgehead atoms. The van der Waals surface area contributed by atoms with Crippen molar-refractivity contribution >= 4 is 11.9 Å². The number of allylic oxidation sites excluding steroid dienone is 1. The average molecular weight is 428 g/mol. The zero-order valence-corrected chi connectivity index (χ0v) is 16.5. The SMILES string of the molecule is CCOC(=O)C1=C(C(F)(F)F)Nc2ncnn2[C@H]1c1cc(OC)c(OC)cc1OC. The van der Waals surface area contributed by atoms with Crippen molar-refractivity contribution in [2.75, 3.05) is 33.3 Å². The van der Waals surface area contributed by atoms with Gasteiger partial charge in [0.15, 0.2) is 11.5 Å². The van der Waals surface area contributed by atoms with E-state index in [-0.39, 0.29) is 29.6 Å². The Kier molecular flexibility index (Phi) is 5.76. The number of fused-ring (bicyclic) bond motifs is 1. The third-order valence-corrected chi connectivity index (χ3v) is 4.41. The van der Waals surface area contributed by atoms with E-state index in [2.05, 4.69) is 15.4 Å². The lowest BCUT2D eigenvalue weighted by Crippen LogP contribution is -2.35. The van der Waals surface area contributed by atoms with Crippen molar-refractivity contribution in [3.8, 4) is 17.2 Å². The minimum atomic E-state index is -4.89. The van der Waals surface area contributed by atoms with Gasteiger partial charge in [-0.25, -0.2) is 9.48 Å². The monoisotopic (exact) mass is 428 g/mol. The molecular formula is C18H19F3N4O5. The highest BCUT2D eigenvalue weighted by atomic mass is 19.4. The highest BCUT2D eigenvalue weighted by molar-refractivity contribution is 5.93. The second-order valence-corrected chi connectivity index (χ2v) is 6.01. The minimum Gasteiger partial charge on any atom is -0.496 e. The van der Waals surface area contributed by atoms with Crippen LogP contribution in [0.5, 0.6) is 17.2 Å². The first-order valence-corrected chi connectivity index (χ1v) is 8.71. The van der Waals surface area contributed by atoms with Gasteiger partial charge in [-0.15, -0.1) is 0 Å². The van der Waals surface area contributed by atoms with Crippen LogP contribution in [-0.2, 0) is 9.53 Å². The van der Waals surface area contributed by atoms with E-state index < -0.39 is 29.5 Å². The van der Waals surface area contributed by atoms with Crippen LogP contribution >= 0.6 is 0 Å². The van der Waals surface area contributed by atoms with Crippen molar-refractivity contribution in [3.63, 3.8) is 0 Å². The fourth-order valence-electron chi connectivity index (χ4n) is 3.17. The predicted octanol–water partition coefficient (Wildman–Crippen LogP) is 2.70. The third-order valence-electron chi connectivity index (χ3n) is 4.41. The van der Waals surface area contributed by atoms with Gasteiger partial charge in [0.2, 0.25) is 5.95 Å². The molecule has 0 saturated carbocycles. The van der Waals surface area contributed by atoms with E-state index in [9.17, 15) is 18.0 Å². The van der Waals surface area contributed by atoms with Gasteiger partial charge in [-0.1, -0.05) is 0 Å². The van der Waals surface area contributed by atoms with Crippen LogP contribution in [0, 0.1) is 0 Å². The van der Waals surface area contributed by atoms with Crippen LogP contribution in [-0.4, -0.2) is 54.8 Å². The van der Waals surface area contributed by atoms with Crippen molar-refractivity contribution in [2.24, 2.45) is 0 Å². The van der Waals surface area contributed by atoms with Gasteiger partial charge in [-0.2, -0.15) is 23.3 Å². The van der Waals surface area contributed by atoms with Crippen LogP contribution in [0.4, 0.5) is 19.1 Å². The van der Waals surface area contributed by atoms with Gasteiger partial charge >= 0.3 is 12.1 Å². The number of rotatable bonds is 6. The number of ether oxygens (including phenoxy) is 4. The number of esters is 1. The molecule has 0 fully saturated rings. The number of hydrogen-bond donors (Lipinski definition) is 1. The first kappa shape index (κ1) is 21.3. The first-order chi connectivity index (χ1) is 14.3. The molecule has 0 spiro atoms. The van der Waals surface area contributed by atoms with E-state index in [4.69, 9.17) is 18.9 Å². The molecule has 2 aromatic rings. The minimum absolute atomic E-state index is 0.118. The van der Waals surface area contributed by atoms with E-state index >= 15 is 0 Å². The summed E-state index contributed by atoms with van der Waals surface area (Å²) in [5.74, 6) is -0.671. The summed E-state index contributed by atoms with van der Waals surface area (Å²) in [5.41, 5.74) is -1.80. The van der Waals surface area contributed by atoms with E-state index in [1.54, 1.807) is 0 Å². The Morgan fingerprint density at radius 3 is 2.33 bits per heavy atom. The van der Waals surface area contributed by atoms with Crippen molar-refractivity contribution in [1.82, 2.24) is 14.8 Å². The van der Waals surface area contributed by atoms with Gasteiger partial charge < -0.3 is 24.3 Å². The number of methoxy groups -OCH3 is 3. The van der Waals surface area contributed by atoms with Crippen molar-refractivity contribution < 1.29 is 36.9 Å². The number of halogens is 3. The molecule has 2 heterocycles. The number of carbonyl (C=O) groups excluding carboxylic acids is 1. The van der Waals surface area contributed by atoms with E-state index in [1.165, 1.54) is 40.4 Å². The summed E-state index contributed by atoms with van der Waals surface area (Å²) in [4.78, 5) is 16.5. The lowest BCUT2D eigenvalue weighted by atomic mass is 9.94. The highest BCUT2D eigenvalue weighted by Gasteiger charge is 2.47. The first-order valence-electron chi connectivity index (χ1n) is 8.71. The molecule has 1 aromatic carbocycles. The van der Waals surface area contributed by atoms with E-state index in [0.29, 0.717) is 5.75 Å². The Balaban J connectivity index is 2.35. The number of anilines is 1. The summed E-state index contributed by atoms with van der Waals surface area (Å²) >= 11 is 0. The molecular weight excluding hydrogens is 409 g/mol. The van der Waals surface area contributed by atoms with Crippen LogP contribution in [0.3, 0.4) is 0 Å².